The fourth-order valence-electron chi connectivity index (χ4n) is 1.41. The van der Waals surface area contributed by atoms with Crippen LogP contribution < -0.4 is 5.32 Å². The van der Waals surface area contributed by atoms with Gasteiger partial charge in [0.05, 0.1) is 17.8 Å². The van der Waals surface area contributed by atoms with E-state index in [1.165, 1.54) is 6.33 Å². The molecule has 1 aromatic heterocycles. The largest absolute Gasteiger partial charge is 0.478 e. The van der Waals surface area contributed by atoms with E-state index in [4.69, 9.17) is 5.11 Å². The van der Waals surface area contributed by atoms with E-state index in [0.29, 0.717) is 11.0 Å². The number of carboxylic acid groups (broad SMARTS) is 1. The fraction of sp³-hybridized carbons (Fsp3) is 0.0833. The highest BCUT2D eigenvalue weighted by Crippen LogP contribution is 2.21. The summed E-state index contributed by atoms with van der Waals surface area (Å²) in [6.45, 7) is 0.557. The van der Waals surface area contributed by atoms with Crippen LogP contribution in [0.5, 0.6) is 0 Å². The topological polar surface area (TPSA) is 75.1 Å². The highest BCUT2D eigenvalue weighted by molar-refractivity contribution is 9.10. The normalized spacial score (nSPS) is 10.1. The number of aromatic nitrogens is 2. The SMILES string of the molecule is O=C(O)c1ccc(NCc2ccncn2)cc1Br. The van der Waals surface area contributed by atoms with Gasteiger partial charge in [0.25, 0.3) is 0 Å². The van der Waals surface area contributed by atoms with Crippen LogP contribution in [0.1, 0.15) is 16.1 Å². The van der Waals surface area contributed by atoms with Gasteiger partial charge in [0, 0.05) is 16.4 Å². The van der Waals surface area contributed by atoms with Crippen LogP contribution in [-0.4, -0.2) is 21.0 Å². The molecule has 2 aromatic rings. The average molecular weight is 308 g/mol. The van der Waals surface area contributed by atoms with Crippen LogP contribution in [0.15, 0.2) is 41.3 Å². The number of rotatable bonds is 4. The van der Waals surface area contributed by atoms with Crippen molar-refractivity contribution in [3.8, 4) is 0 Å². The summed E-state index contributed by atoms with van der Waals surface area (Å²) >= 11 is 3.23. The molecule has 0 aliphatic carbocycles. The Morgan fingerprint density at radius 2 is 2.22 bits per heavy atom. The van der Waals surface area contributed by atoms with Crippen LogP contribution in [0, 0.1) is 0 Å². The van der Waals surface area contributed by atoms with Crippen LogP contribution in [0.4, 0.5) is 5.69 Å². The molecule has 0 bridgehead atoms. The zero-order valence-electron chi connectivity index (χ0n) is 9.30. The van der Waals surface area contributed by atoms with Gasteiger partial charge in [-0.05, 0) is 40.2 Å². The number of nitrogens with one attached hydrogen (secondary N) is 1. The van der Waals surface area contributed by atoms with E-state index in [-0.39, 0.29) is 5.56 Å². The predicted octanol–water partition coefficient (Wildman–Crippen LogP) is 2.55. The molecule has 0 fully saturated rings. The lowest BCUT2D eigenvalue weighted by molar-refractivity contribution is 0.0696. The van der Waals surface area contributed by atoms with Gasteiger partial charge in [-0.1, -0.05) is 0 Å². The van der Waals surface area contributed by atoms with Crippen molar-refractivity contribution in [2.24, 2.45) is 0 Å². The number of hydrogen-bond acceptors (Lipinski definition) is 4. The molecule has 0 saturated carbocycles. The number of nitrogens with zero attached hydrogens (tertiary/aromatic N) is 2. The molecule has 5 nitrogen and oxygen atoms in total. The van der Waals surface area contributed by atoms with E-state index in [1.807, 2.05) is 6.07 Å². The summed E-state index contributed by atoms with van der Waals surface area (Å²) in [4.78, 5) is 18.8. The fourth-order valence-corrected chi connectivity index (χ4v) is 1.96. The Kier molecular flexibility index (Phi) is 3.88. The molecular weight excluding hydrogens is 298 g/mol. The predicted molar refractivity (Wildman–Crippen MR) is 70.5 cm³/mol. The monoisotopic (exact) mass is 307 g/mol. The molecule has 1 heterocycles. The van der Waals surface area contributed by atoms with Crippen LogP contribution in [0.2, 0.25) is 0 Å². The molecule has 6 heteroatoms. The second kappa shape index (κ2) is 5.59. The van der Waals surface area contributed by atoms with Gasteiger partial charge in [0.1, 0.15) is 6.33 Å². The molecule has 0 aliphatic rings. The molecule has 18 heavy (non-hydrogen) atoms. The van der Waals surface area contributed by atoms with Gasteiger partial charge in [0.15, 0.2) is 0 Å². The van der Waals surface area contributed by atoms with Crippen molar-refractivity contribution in [2.45, 2.75) is 6.54 Å². The smallest absolute Gasteiger partial charge is 0.336 e. The first-order valence-electron chi connectivity index (χ1n) is 5.18. The summed E-state index contributed by atoms with van der Waals surface area (Å²) in [6.07, 6.45) is 3.16. The van der Waals surface area contributed by atoms with Gasteiger partial charge >= 0.3 is 5.97 Å². The van der Waals surface area contributed by atoms with Crippen LogP contribution in [0.3, 0.4) is 0 Å². The molecule has 0 unspecified atom stereocenters. The van der Waals surface area contributed by atoms with Crippen molar-refractivity contribution in [1.29, 1.82) is 0 Å². The summed E-state index contributed by atoms with van der Waals surface area (Å²) in [5.41, 5.74) is 1.93. The zero-order valence-corrected chi connectivity index (χ0v) is 10.9. The molecule has 2 rings (SSSR count). The third-order valence-corrected chi connectivity index (χ3v) is 2.97. The van der Waals surface area contributed by atoms with E-state index in [9.17, 15) is 4.79 Å². The minimum absolute atomic E-state index is 0.239. The van der Waals surface area contributed by atoms with E-state index in [1.54, 1.807) is 24.4 Å². The Labute approximate surface area is 112 Å². The molecule has 1 aromatic carbocycles. The van der Waals surface area contributed by atoms with E-state index >= 15 is 0 Å². The van der Waals surface area contributed by atoms with Gasteiger partial charge in [-0.25, -0.2) is 14.8 Å². The van der Waals surface area contributed by atoms with Crippen molar-refractivity contribution in [2.75, 3.05) is 5.32 Å². The summed E-state index contributed by atoms with van der Waals surface area (Å²) in [5.74, 6) is -0.954. The van der Waals surface area contributed by atoms with Crippen molar-refractivity contribution in [1.82, 2.24) is 9.97 Å². The Balaban J connectivity index is 2.07. The van der Waals surface area contributed by atoms with Crippen LogP contribution in [-0.2, 0) is 6.54 Å². The lowest BCUT2D eigenvalue weighted by Gasteiger charge is -2.07. The maximum Gasteiger partial charge on any atom is 0.336 e. The number of carbonyl (C=O) groups is 1. The van der Waals surface area contributed by atoms with Gasteiger partial charge in [-0.2, -0.15) is 0 Å². The molecule has 0 aliphatic heterocycles. The van der Waals surface area contributed by atoms with E-state index in [0.717, 1.165) is 11.4 Å². The molecule has 2 N–H and O–H groups in total. The molecule has 0 atom stereocenters. The highest BCUT2D eigenvalue weighted by Gasteiger charge is 2.08. The number of aromatic carboxylic acids is 1. The standard InChI is InChI=1S/C12H10BrN3O2/c13-11-5-8(1-2-10(11)12(17)18)15-6-9-3-4-14-7-16-9/h1-5,7,15H,6H2,(H,17,18). The Morgan fingerprint density at radius 1 is 1.39 bits per heavy atom. The van der Waals surface area contributed by atoms with Gasteiger partial charge in [-0.3, -0.25) is 0 Å². The lowest BCUT2D eigenvalue weighted by Crippen LogP contribution is -2.03. The number of carboxylic acids is 1. The molecule has 92 valence electrons. The maximum absolute atomic E-state index is 10.8. The molecular formula is C12H10BrN3O2. The average Bonchev–Trinajstić information content (AvgIpc) is 2.37. The molecule has 0 amide bonds. The van der Waals surface area contributed by atoms with Crippen molar-refractivity contribution in [3.05, 3.63) is 52.5 Å². The number of halogens is 1. The Hall–Kier alpha value is -1.95. The van der Waals surface area contributed by atoms with Crippen LogP contribution >= 0.6 is 15.9 Å². The summed E-state index contributed by atoms with van der Waals surface area (Å²) in [5, 5.41) is 12.1. The molecule has 0 saturated heterocycles. The third-order valence-electron chi connectivity index (χ3n) is 2.32. The quantitative estimate of drug-likeness (QED) is 0.908. The summed E-state index contributed by atoms with van der Waals surface area (Å²) < 4.78 is 0.544. The van der Waals surface area contributed by atoms with Gasteiger partial charge in [-0.15, -0.1) is 0 Å². The van der Waals surface area contributed by atoms with Crippen molar-refractivity contribution < 1.29 is 9.90 Å². The summed E-state index contributed by atoms with van der Waals surface area (Å²) in [7, 11) is 0. The minimum atomic E-state index is -0.954. The van der Waals surface area contributed by atoms with Crippen molar-refractivity contribution >= 4 is 27.6 Å². The van der Waals surface area contributed by atoms with Crippen molar-refractivity contribution in [3.63, 3.8) is 0 Å². The number of benzene rings is 1. The first-order valence-corrected chi connectivity index (χ1v) is 5.98. The van der Waals surface area contributed by atoms with Gasteiger partial charge < -0.3 is 10.4 Å². The number of anilines is 1. The molecule has 0 spiro atoms. The second-order valence-electron chi connectivity index (χ2n) is 3.55. The third kappa shape index (κ3) is 3.04. The lowest BCUT2D eigenvalue weighted by atomic mass is 10.2. The van der Waals surface area contributed by atoms with E-state index < -0.39 is 5.97 Å². The second-order valence-corrected chi connectivity index (χ2v) is 4.41. The van der Waals surface area contributed by atoms with E-state index in [2.05, 4.69) is 31.2 Å². The first-order chi connectivity index (χ1) is 8.66. The van der Waals surface area contributed by atoms with Crippen LogP contribution in [0.25, 0.3) is 0 Å². The minimum Gasteiger partial charge on any atom is -0.478 e. The Morgan fingerprint density at radius 3 is 2.83 bits per heavy atom. The molecule has 0 radical (unpaired) electrons. The maximum atomic E-state index is 10.8. The number of hydrogen-bond donors (Lipinski definition) is 2. The first kappa shape index (κ1) is 12.5. The highest BCUT2D eigenvalue weighted by atomic mass is 79.9. The summed E-state index contributed by atoms with van der Waals surface area (Å²) in [6, 6.07) is 6.81. The zero-order chi connectivity index (χ0) is 13.0. The Bertz CT molecular complexity index is 561. The van der Waals surface area contributed by atoms with Gasteiger partial charge in [0.2, 0.25) is 0 Å².